The van der Waals surface area contributed by atoms with E-state index in [1.807, 2.05) is 0 Å². The molecule has 0 aliphatic heterocycles. The van der Waals surface area contributed by atoms with E-state index in [1.54, 1.807) is 18.2 Å². The predicted octanol–water partition coefficient (Wildman–Crippen LogP) is 3.14. The number of aromatic carboxylic acids is 1. The van der Waals surface area contributed by atoms with E-state index in [-0.39, 0.29) is 11.4 Å². The molecule has 2 rings (SSSR count). The lowest BCUT2D eigenvalue weighted by Gasteiger charge is -2.12. The Morgan fingerprint density at radius 1 is 1.30 bits per heavy atom. The summed E-state index contributed by atoms with van der Waals surface area (Å²) in [5.74, 6) is -0.789. The van der Waals surface area contributed by atoms with Crippen molar-refractivity contribution in [1.29, 1.82) is 0 Å². The number of anilines is 1. The van der Waals surface area contributed by atoms with Crippen LogP contribution in [0.15, 0.2) is 42.5 Å². The Hall–Kier alpha value is -2.56. The third-order valence-corrected chi connectivity index (χ3v) is 2.82. The molecule has 5 heteroatoms. The summed E-state index contributed by atoms with van der Waals surface area (Å²) in [4.78, 5) is 11.0. The van der Waals surface area contributed by atoms with Crippen LogP contribution in [0.1, 0.15) is 15.9 Å². The van der Waals surface area contributed by atoms with Crippen LogP contribution < -0.4 is 10.1 Å². The summed E-state index contributed by atoms with van der Waals surface area (Å²) in [7, 11) is 1.50. The highest BCUT2D eigenvalue weighted by Gasteiger charge is 2.08. The molecule has 0 aliphatic rings. The van der Waals surface area contributed by atoms with Gasteiger partial charge >= 0.3 is 5.97 Å². The number of carbonyl (C=O) groups is 1. The van der Waals surface area contributed by atoms with Gasteiger partial charge in [-0.25, -0.2) is 9.18 Å². The van der Waals surface area contributed by atoms with Crippen molar-refractivity contribution < 1.29 is 19.0 Å². The molecule has 0 radical (unpaired) electrons. The quantitative estimate of drug-likeness (QED) is 0.880. The molecule has 0 fully saturated rings. The van der Waals surface area contributed by atoms with Gasteiger partial charge in [0.25, 0.3) is 0 Å². The van der Waals surface area contributed by atoms with Gasteiger partial charge in [-0.15, -0.1) is 0 Å². The molecule has 0 aliphatic carbocycles. The average Bonchev–Trinajstić information content (AvgIpc) is 2.44. The van der Waals surface area contributed by atoms with Crippen LogP contribution in [0, 0.1) is 5.82 Å². The number of hydrogen-bond acceptors (Lipinski definition) is 3. The van der Waals surface area contributed by atoms with Crippen molar-refractivity contribution >= 4 is 11.7 Å². The second-order valence-corrected chi connectivity index (χ2v) is 4.20. The number of carboxylic acid groups (broad SMARTS) is 1. The number of methoxy groups -OCH3 is 1. The monoisotopic (exact) mass is 275 g/mol. The summed E-state index contributed by atoms with van der Waals surface area (Å²) in [6, 6.07) is 10.7. The van der Waals surface area contributed by atoms with E-state index in [1.165, 1.54) is 31.4 Å². The van der Waals surface area contributed by atoms with Gasteiger partial charge < -0.3 is 15.2 Å². The fourth-order valence-corrected chi connectivity index (χ4v) is 1.82. The van der Waals surface area contributed by atoms with Gasteiger partial charge in [-0.1, -0.05) is 12.1 Å². The predicted molar refractivity (Wildman–Crippen MR) is 73.7 cm³/mol. The Labute approximate surface area is 115 Å². The van der Waals surface area contributed by atoms with Crippen molar-refractivity contribution in [1.82, 2.24) is 0 Å². The SMILES string of the molecule is COc1ccc(C(=O)O)cc1NCc1cccc(F)c1. The van der Waals surface area contributed by atoms with Crippen LogP contribution in [-0.4, -0.2) is 18.2 Å². The molecule has 0 spiro atoms. The van der Waals surface area contributed by atoms with Crippen LogP contribution >= 0.6 is 0 Å². The van der Waals surface area contributed by atoms with Gasteiger partial charge in [0.15, 0.2) is 0 Å². The molecule has 4 nitrogen and oxygen atoms in total. The van der Waals surface area contributed by atoms with Crippen LogP contribution in [0.4, 0.5) is 10.1 Å². The minimum Gasteiger partial charge on any atom is -0.495 e. The van der Waals surface area contributed by atoms with Crippen LogP contribution in [-0.2, 0) is 6.54 Å². The van der Waals surface area contributed by atoms with E-state index in [4.69, 9.17) is 9.84 Å². The van der Waals surface area contributed by atoms with E-state index in [0.717, 1.165) is 5.56 Å². The number of carboxylic acids is 1. The third-order valence-electron chi connectivity index (χ3n) is 2.82. The summed E-state index contributed by atoms with van der Waals surface area (Å²) in [5.41, 5.74) is 1.47. The number of hydrogen-bond donors (Lipinski definition) is 2. The first kappa shape index (κ1) is 13.9. The Bertz CT molecular complexity index is 628. The van der Waals surface area contributed by atoms with Crippen LogP contribution in [0.2, 0.25) is 0 Å². The maximum Gasteiger partial charge on any atom is 0.335 e. The van der Waals surface area contributed by atoms with Gasteiger partial charge in [0, 0.05) is 6.54 Å². The lowest BCUT2D eigenvalue weighted by molar-refractivity contribution is 0.0697. The molecular formula is C15H14FNO3. The van der Waals surface area contributed by atoms with Gasteiger partial charge in [-0.2, -0.15) is 0 Å². The molecule has 0 unspecified atom stereocenters. The lowest BCUT2D eigenvalue weighted by atomic mass is 10.1. The second-order valence-electron chi connectivity index (χ2n) is 4.20. The van der Waals surface area contributed by atoms with Crippen molar-refractivity contribution in [2.75, 3.05) is 12.4 Å². The van der Waals surface area contributed by atoms with Crippen LogP contribution in [0.3, 0.4) is 0 Å². The molecule has 0 amide bonds. The van der Waals surface area contributed by atoms with E-state index < -0.39 is 5.97 Å². The Balaban J connectivity index is 2.19. The Morgan fingerprint density at radius 2 is 2.10 bits per heavy atom. The molecular weight excluding hydrogens is 261 g/mol. The third kappa shape index (κ3) is 3.26. The zero-order chi connectivity index (χ0) is 14.5. The topological polar surface area (TPSA) is 58.6 Å². The highest BCUT2D eigenvalue weighted by atomic mass is 19.1. The zero-order valence-electron chi connectivity index (χ0n) is 10.9. The summed E-state index contributed by atoms with van der Waals surface area (Å²) in [5, 5.41) is 12.0. The molecule has 20 heavy (non-hydrogen) atoms. The Kier molecular flexibility index (Phi) is 4.20. The molecule has 0 atom stereocenters. The van der Waals surface area contributed by atoms with Crippen LogP contribution in [0.25, 0.3) is 0 Å². The fraction of sp³-hybridized carbons (Fsp3) is 0.133. The van der Waals surface area contributed by atoms with Gasteiger partial charge in [0.2, 0.25) is 0 Å². The summed E-state index contributed by atoms with van der Waals surface area (Å²) >= 11 is 0. The molecule has 0 bridgehead atoms. The van der Waals surface area contributed by atoms with Gasteiger partial charge in [-0.05, 0) is 35.9 Å². The van der Waals surface area contributed by atoms with Gasteiger partial charge in [0.1, 0.15) is 11.6 Å². The largest absolute Gasteiger partial charge is 0.495 e. The van der Waals surface area contributed by atoms with Crippen molar-refractivity contribution in [3.63, 3.8) is 0 Å². The Morgan fingerprint density at radius 3 is 2.75 bits per heavy atom. The molecule has 0 heterocycles. The summed E-state index contributed by atoms with van der Waals surface area (Å²) < 4.78 is 18.2. The number of benzene rings is 2. The minimum atomic E-state index is -1.01. The van der Waals surface area contributed by atoms with Gasteiger partial charge in [0.05, 0.1) is 18.4 Å². The van der Waals surface area contributed by atoms with E-state index >= 15 is 0 Å². The fourth-order valence-electron chi connectivity index (χ4n) is 1.82. The molecule has 104 valence electrons. The molecule has 2 aromatic rings. The normalized spacial score (nSPS) is 10.1. The van der Waals surface area contributed by atoms with E-state index in [9.17, 15) is 9.18 Å². The smallest absolute Gasteiger partial charge is 0.335 e. The molecule has 2 N–H and O–H groups in total. The van der Waals surface area contributed by atoms with Crippen LogP contribution in [0.5, 0.6) is 5.75 Å². The van der Waals surface area contributed by atoms with Crippen molar-refractivity contribution in [3.05, 3.63) is 59.4 Å². The highest BCUT2D eigenvalue weighted by Crippen LogP contribution is 2.26. The number of nitrogens with one attached hydrogen (secondary N) is 1. The van der Waals surface area contributed by atoms with Gasteiger partial charge in [-0.3, -0.25) is 0 Å². The standard InChI is InChI=1S/C15H14FNO3/c1-20-14-6-5-11(15(18)19)8-13(14)17-9-10-3-2-4-12(16)7-10/h2-8,17H,9H2,1H3,(H,18,19). The highest BCUT2D eigenvalue weighted by molar-refractivity contribution is 5.89. The maximum absolute atomic E-state index is 13.1. The molecule has 0 saturated carbocycles. The van der Waals surface area contributed by atoms with Crippen molar-refractivity contribution in [2.45, 2.75) is 6.54 Å². The average molecular weight is 275 g/mol. The molecule has 0 saturated heterocycles. The van der Waals surface area contributed by atoms with E-state index in [0.29, 0.717) is 18.0 Å². The van der Waals surface area contributed by atoms with Crippen molar-refractivity contribution in [3.8, 4) is 5.75 Å². The first-order valence-electron chi connectivity index (χ1n) is 6.00. The van der Waals surface area contributed by atoms with E-state index in [2.05, 4.69) is 5.32 Å². The number of ether oxygens (including phenoxy) is 1. The summed E-state index contributed by atoms with van der Waals surface area (Å²) in [6.07, 6.45) is 0. The second kappa shape index (κ2) is 6.06. The summed E-state index contributed by atoms with van der Waals surface area (Å²) in [6.45, 7) is 0.372. The lowest BCUT2D eigenvalue weighted by Crippen LogP contribution is -2.04. The molecule has 0 aromatic heterocycles. The number of rotatable bonds is 5. The molecule has 2 aromatic carbocycles. The number of halogens is 1. The maximum atomic E-state index is 13.1. The first-order chi connectivity index (χ1) is 9.60. The first-order valence-corrected chi connectivity index (χ1v) is 6.00. The minimum absolute atomic E-state index is 0.160. The zero-order valence-corrected chi connectivity index (χ0v) is 10.9. The van der Waals surface area contributed by atoms with Crippen molar-refractivity contribution in [2.24, 2.45) is 0 Å².